The summed E-state index contributed by atoms with van der Waals surface area (Å²) in [6.07, 6.45) is 0.277. The van der Waals surface area contributed by atoms with Gasteiger partial charge in [0, 0.05) is 25.1 Å². The van der Waals surface area contributed by atoms with E-state index in [4.69, 9.17) is 5.11 Å². The molecule has 0 aliphatic heterocycles. The van der Waals surface area contributed by atoms with Crippen LogP contribution in [0.4, 0.5) is 13.6 Å². The Morgan fingerprint density at radius 3 is 2.62 bits per heavy atom. The number of alkyl halides is 2. The number of carboxylic acids is 1. The van der Waals surface area contributed by atoms with Gasteiger partial charge < -0.3 is 20.5 Å². The number of aliphatic carboxylic acids is 1. The van der Waals surface area contributed by atoms with E-state index in [1.54, 1.807) is 18.2 Å². The SMILES string of the molecule is O=C(O)CCCNC(=O)NCc1ccccc1OC(F)F. The van der Waals surface area contributed by atoms with Gasteiger partial charge in [0.1, 0.15) is 5.75 Å². The number of halogens is 2. The summed E-state index contributed by atoms with van der Waals surface area (Å²) in [5.74, 6) is -0.936. The maximum atomic E-state index is 12.2. The van der Waals surface area contributed by atoms with Crippen molar-refractivity contribution in [2.24, 2.45) is 0 Å². The lowest BCUT2D eigenvalue weighted by molar-refractivity contribution is -0.137. The summed E-state index contributed by atoms with van der Waals surface area (Å²) in [5, 5.41) is 13.4. The van der Waals surface area contributed by atoms with Gasteiger partial charge in [-0.1, -0.05) is 18.2 Å². The molecule has 0 heterocycles. The first-order chi connectivity index (χ1) is 9.99. The van der Waals surface area contributed by atoms with Gasteiger partial charge in [0.2, 0.25) is 0 Å². The van der Waals surface area contributed by atoms with E-state index in [0.29, 0.717) is 12.0 Å². The summed E-state index contributed by atoms with van der Waals surface area (Å²) in [5.41, 5.74) is 0.415. The molecule has 0 saturated carbocycles. The first kappa shape index (κ1) is 16.7. The standard InChI is InChI=1S/C13H16F2N2O4/c14-12(15)21-10-5-2-1-4-9(10)8-17-13(20)16-7-3-6-11(18)19/h1-2,4-5,12H,3,6-8H2,(H,18,19)(H2,16,17,20). The molecule has 1 rings (SSSR count). The van der Waals surface area contributed by atoms with Gasteiger partial charge in [0.05, 0.1) is 0 Å². The van der Waals surface area contributed by atoms with Gasteiger partial charge in [-0.25, -0.2) is 4.79 Å². The molecular weight excluding hydrogens is 286 g/mol. The highest BCUT2D eigenvalue weighted by Crippen LogP contribution is 2.19. The second-order valence-electron chi connectivity index (χ2n) is 4.09. The normalized spacial score (nSPS) is 10.2. The highest BCUT2D eigenvalue weighted by atomic mass is 19.3. The van der Waals surface area contributed by atoms with Crippen molar-refractivity contribution < 1.29 is 28.2 Å². The predicted octanol–water partition coefficient (Wildman–Crippen LogP) is 1.95. The van der Waals surface area contributed by atoms with Gasteiger partial charge in [-0.15, -0.1) is 0 Å². The quantitative estimate of drug-likeness (QED) is 0.640. The molecule has 21 heavy (non-hydrogen) atoms. The van der Waals surface area contributed by atoms with Gasteiger partial charge in [-0.2, -0.15) is 8.78 Å². The fourth-order valence-corrected chi connectivity index (χ4v) is 1.54. The lowest BCUT2D eigenvalue weighted by Crippen LogP contribution is -2.35. The maximum Gasteiger partial charge on any atom is 0.387 e. The number of rotatable bonds is 8. The third-order valence-corrected chi connectivity index (χ3v) is 2.48. The fourth-order valence-electron chi connectivity index (χ4n) is 1.54. The van der Waals surface area contributed by atoms with Crippen LogP contribution in [0.15, 0.2) is 24.3 Å². The number of carbonyl (C=O) groups excluding carboxylic acids is 1. The largest absolute Gasteiger partial charge is 0.481 e. The van der Waals surface area contributed by atoms with Crippen molar-refractivity contribution in [3.05, 3.63) is 29.8 Å². The van der Waals surface area contributed by atoms with Crippen molar-refractivity contribution in [3.8, 4) is 5.75 Å². The smallest absolute Gasteiger partial charge is 0.387 e. The van der Waals surface area contributed by atoms with Gasteiger partial charge in [0.15, 0.2) is 0 Å². The van der Waals surface area contributed by atoms with Crippen LogP contribution in [0.1, 0.15) is 18.4 Å². The van der Waals surface area contributed by atoms with Gasteiger partial charge in [-0.3, -0.25) is 4.79 Å². The summed E-state index contributed by atoms with van der Waals surface area (Å²) < 4.78 is 28.7. The molecule has 0 unspecified atom stereocenters. The Morgan fingerprint density at radius 1 is 1.24 bits per heavy atom. The van der Waals surface area contributed by atoms with Crippen LogP contribution in [0.25, 0.3) is 0 Å². The zero-order valence-electron chi connectivity index (χ0n) is 11.1. The minimum absolute atomic E-state index is 0.00122. The Morgan fingerprint density at radius 2 is 1.95 bits per heavy atom. The van der Waals surface area contributed by atoms with Gasteiger partial charge in [0.25, 0.3) is 0 Å². The molecule has 6 nitrogen and oxygen atoms in total. The number of benzene rings is 1. The molecule has 2 amide bonds. The Balaban J connectivity index is 2.37. The first-order valence-electron chi connectivity index (χ1n) is 6.25. The minimum Gasteiger partial charge on any atom is -0.481 e. The number of hydrogen-bond donors (Lipinski definition) is 3. The van der Waals surface area contributed by atoms with Crippen molar-refractivity contribution in [1.82, 2.24) is 10.6 Å². The fraction of sp³-hybridized carbons (Fsp3) is 0.385. The van der Waals surface area contributed by atoms with E-state index in [-0.39, 0.29) is 25.3 Å². The van der Waals surface area contributed by atoms with Crippen molar-refractivity contribution in [3.63, 3.8) is 0 Å². The highest BCUT2D eigenvalue weighted by Gasteiger charge is 2.09. The number of para-hydroxylation sites is 1. The molecule has 0 fully saturated rings. The van der Waals surface area contributed by atoms with Crippen LogP contribution in [0.2, 0.25) is 0 Å². The average molecular weight is 302 g/mol. The zero-order valence-corrected chi connectivity index (χ0v) is 11.1. The van der Waals surface area contributed by atoms with E-state index in [9.17, 15) is 18.4 Å². The van der Waals surface area contributed by atoms with E-state index in [1.165, 1.54) is 6.07 Å². The lowest BCUT2D eigenvalue weighted by atomic mass is 10.2. The molecule has 116 valence electrons. The van der Waals surface area contributed by atoms with Crippen molar-refractivity contribution in [1.29, 1.82) is 0 Å². The summed E-state index contributed by atoms with van der Waals surface area (Å²) >= 11 is 0. The zero-order chi connectivity index (χ0) is 15.7. The number of ether oxygens (including phenoxy) is 1. The molecule has 0 atom stereocenters. The van der Waals surface area contributed by atoms with Crippen LogP contribution in [-0.4, -0.2) is 30.3 Å². The second-order valence-corrected chi connectivity index (χ2v) is 4.09. The molecule has 0 bridgehead atoms. The topological polar surface area (TPSA) is 87.7 Å². The lowest BCUT2D eigenvalue weighted by Gasteiger charge is -2.11. The van der Waals surface area contributed by atoms with E-state index in [2.05, 4.69) is 15.4 Å². The molecule has 0 radical (unpaired) electrons. The molecule has 0 aromatic heterocycles. The molecule has 1 aromatic rings. The van der Waals surface area contributed by atoms with Crippen LogP contribution in [0.5, 0.6) is 5.75 Å². The minimum atomic E-state index is -2.93. The molecule has 3 N–H and O–H groups in total. The van der Waals surface area contributed by atoms with Crippen molar-refractivity contribution in [2.75, 3.05) is 6.54 Å². The van der Waals surface area contributed by atoms with Gasteiger partial charge >= 0.3 is 18.6 Å². The summed E-state index contributed by atoms with van der Waals surface area (Å²) in [4.78, 5) is 21.7. The number of amides is 2. The summed E-state index contributed by atoms with van der Waals surface area (Å²) in [6.45, 7) is -2.70. The van der Waals surface area contributed by atoms with Crippen molar-refractivity contribution in [2.45, 2.75) is 26.0 Å². The number of nitrogens with one attached hydrogen (secondary N) is 2. The molecular formula is C13H16F2N2O4. The van der Waals surface area contributed by atoms with E-state index < -0.39 is 18.6 Å². The Labute approximate surface area is 120 Å². The van der Waals surface area contributed by atoms with E-state index >= 15 is 0 Å². The van der Waals surface area contributed by atoms with Crippen LogP contribution in [0.3, 0.4) is 0 Å². The number of carboxylic acid groups (broad SMARTS) is 1. The third-order valence-electron chi connectivity index (χ3n) is 2.48. The molecule has 0 aliphatic rings. The van der Waals surface area contributed by atoms with Crippen molar-refractivity contribution >= 4 is 12.0 Å². The van der Waals surface area contributed by atoms with E-state index in [0.717, 1.165) is 0 Å². The average Bonchev–Trinajstić information content (AvgIpc) is 2.42. The summed E-state index contributed by atoms with van der Waals surface area (Å²) in [6, 6.07) is 5.62. The Kier molecular flexibility index (Phi) is 6.93. The highest BCUT2D eigenvalue weighted by molar-refractivity contribution is 5.74. The molecule has 0 spiro atoms. The number of carbonyl (C=O) groups is 2. The monoisotopic (exact) mass is 302 g/mol. The number of urea groups is 1. The summed E-state index contributed by atoms with van der Waals surface area (Å²) in [7, 11) is 0. The second kappa shape index (κ2) is 8.72. The Hall–Kier alpha value is -2.38. The number of hydrogen-bond acceptors (Lipinski definition) is 3. The van der Waals surface area contributed by atoms with E-state index in [1.807, 2.05) is 0 Å². The maximum absolute atomic E-state index is 12.2. The van der Waals surface area contributed by atoms with Crippen LogP contribution < -0.4 is 15.4 Å². The molecule has 1 aromatic carbocycles. The van der Waals surface area contributed by atoms with Crippen LogP contribution in [-0.2, 0) is 11.3 Å². The third kappa shape index (κ3) is 7.09. The molecule has 0 saturated heterocycles. The molecule has 8 heteroatoms. The first-order valence-corrected chi connectivity index (χ1v) is 6.25. The predicted molar refractivity (Wildman–Crippen MR) is 70.2 cm³/mol. The van der Waals surface area contributed by atoms with Gasteiger partial charge in [-0.05, 0) is 12.5 Å². The molecule has 0 aliphatic carbocycles. The Bertz CT molecular complexity index is 483. The van der Waals surface area contributed by atoms with Crippen LogP contribution in [0, 0.1) is 0 Å². The van der Waals surface area contributed by atoms with Crippen LogP contribution >= 0.6 is 0 Å².